The predicted octanol–water partition coefficient (Wildman–Crippen LogP) is 7.33. The number of ether oxygens (including phenoxy) is 2. The van der Waals surface area contributed by atoms with Crippen LogP contribution in [0.4, 0.5) is 17.1 Å². The maximum absolute atomic E-state index is 5.90. The Bertz CT molecular complexity index is 1110. The van der Waals surface area contributed by atoms with Crippen LogP contribution in [0.5, 0.6) is 11.5 Å². The molecule has 0 atom stereocenters. The first-order valence-electron chi connectivity index (χ1n) is 10.1. The topological polar surface area (TPSA) is 21.7 Å². The first-order valence-corrected chi connectivity index (χ1v) is 10.1. The third kappa shape index (κ3) is 3.50. The van der Waals surface area contributed by atoms with E-state index in [1.165, 1.54) is 0 Å². The second kappa shape index (κ2) is 7.27. The average molecular weight is 393 g/mol. The molecule has 0 saturated heterocycles. The minimum Gasteiger partial charge on any atom is -0.449 e. The highest BCUT2D eigenvalue weighted by atomic mass is 16.7. The third-order valence-corrected chi connectivity index (χ3v) is 5.14. The number of benzene rings is 4. The van der Waals surface area contributed by atoms with Gasteiger partial charge >= 0.3 is 0 Å². The van der Waals surface area contributed by atoms with Crippen molar-refractivity contribution in [3.05, 3.63) is 103 Å². The van der Waals surface area contributed by atoms with Gasteiger partial charge in [-0.25, -0.2) is 0 Å². The molecule has 3 nitrogen and oxygen atoms in total. The zero-order chi connectivity index (χ0) is 20.6. The summed E-state index contributed by atoms with van der Waals surface area (Å²) in [5, 5.41) is 0. The average Bonchev–Trinajstić information content (AvgIpc) is 3.09. The van der Waals surface area contributed by atoms with Crippen molar-refractivity contribution >= 4 is 17.1 Å². The SMILES string of the molecule is CC1(C)Oc2ccc(-c3ccc(N(c4ccccc4)c4ccccc4)cc3)cc2O1. The molecule has 0 unspecified atom stereocenters. The van der Waals surface area contributed by atoms with Crippen molar-refractivity contribution in [1.29, 1.82) is 0 Å². The zero-order valence-electron chi connectivity index (χ0n) is 17.1. The fraction of sp³-hybridized carbons (Fsp3) is 0.111. The summed E-state index contributed by atoms with van der Waals surface area (Å²) < 4.78 is 11.7. The van der Waals surface area contributed by atoms with Gasteiger partial charge in [-0.05, 0) is 59.7 Å². The van der Waals surface area contributed by atoms with Gasteiger partial charge in [0.05, 0.1) is 0 Å². The van der Waals surface area contributed by atoms with E-state index in [2.05, 4.69) is 83.8 Å². The number of nitrogens with zero attached hydrogens (tertiary/aromatic N) is 1. The monoisotopic (exact) mass is 393 g/mol. The van der Waals surface area contributed by atoms with Crippen LogP contribution in [0.1, 0.15) is 13.8 Å². The van der Waals surface area contributed by atoms with Crippen LogP contribution in [0.25, 0.3) is 11.1 Å². The van der Waals surface area contributed by atoms with Gasteiger partial charge < -0.3 is 14.4 Å². The molecule has 30 heavy (non-hydrogen) atoms. The summed E-state index contributed by atoms with van der Waals surface area (Å²) in [6.07, 6.45) is 0. The zero-order valence-corrected chi connectivity index (χ0v) is 17.1. The van der Waals surface area contributed by atoms with E-state index in [1.54, 1.807) is 0 Å². The molecule has 0 fully saturated rings. The van der Waals surface area contributed by atoms with E-state index >= 15 is 0 Å². The first-order chi connectivity index (χ1) is 14.6. The van der Waals surface area contributed by atoms with Crippen LogP contribution >= 0.6 is 0 Å². The molecule has 0 spiro atoms. The van der Waals surface area contributed by atoms with Crippen LogP contribution in [0.15, 0.2) is 103 Å². The second-order valence-electron chi connectivity index (χ2n) is 7.82. The lowest BCUT2D eigenvalue weighted by atomic mass is 10.0. The number of fused-ring (bicyclic) bond motifs is 1. The molecule has 0 aromatic heterocycles. The van der Waals surface area contributed by atoms with Crippen LogP contribution in [0.3, 0.4) is 0 Å². The Kier molecular flexibility index (Phi) is 4.44. The van der Waals surface area contributed by atoms with Crippen LogP contribution in [0, 0.1) is 0 Å². The highest BCUT2D eigenvalue weighted by Crippen LogP contribution is 2.42. The summed E-state index contributed by atoms with van der Waals surface area (Å²) in [5.41, 5.74) is 5.60. The van der Waals surface area contributed by atoms with Crippen LogP contribution < -0.4 is 14.4 Å². The number of anilines is 3. The van der Waals surface area contributed by atoms with Crippen LogP contribution in [-0.4, -0.2) is 5.79 Å². The van der Waals surface area contributed by atoms with Crippen molar-refractivity contribution in [1.82, 2.24) is 0 Å². The molecule has 0 N–H and O–H groups in total. The summed E-state index contributed by atoms with van der Waals surface area (Å²) in [5.74, 6) is 0.966. The van der Waals surface area contributed by atoms with E-state index in [1.807, 2.05) is 38.1 Å². The van der Waals surface area contributed by atoms with Crippen molar-refractivity contribution in [3.63, 3.8) is 0 Å². The Morgan fingerprint density at radius 3 is 1.63 bits per heavy atom. The van der Waals surface area contributed by atoms with Gasteiger partial charge in [-0.3, -0.25) is 0 Å². The lowest BCUT2D eigenvalue weighted by Gasteiger charge is -2.25. The minimum absolute atomic E-state index is 0.614. The first kappa shape index (κ1) is 18.3. The molecule has 4 aromatic carbocycles. The molecule has 0 bridgehead atoms. The van der Waals surface area contributed by atoms with Gasteiger partial charge in [0.25, 0.3) is 0 Å². The Labute approximate surface area is 177 Å². The molecule has 4 aromatic rings. The molecular weight excluding hydrogens is 370 g/mol. The summed E-state index contributed by atoms with van der Waals surface area (Å²) in [7, 11) is 0. The maximum atomic E-state index is 5.90. The van der Waals surface area contributed by atoms with Crippen LogP contribution in [-0.2, 0) is 0 Å². The Morgan fingerprint density at radius 1 is 0.533 bits per heavy atom. The molecule has 3 heteroatoms. The van der Waals surface area contributed by atoms with Crippen molar-refractivity contribution in [2.45, 2.75) is 19.6 Å². The summed E-state index contributed by atoms with van der Waals surface area (Å²) >= 11 is 0. The highest BCUT2D eigenvalue weighted by molar-refractivity contribution is 5.78. The predicted molar refractivity (Wildman–Crippen MR) is 122 cm³/mol. The molecule has 1 heterocycles. The summed E-state index contributed by atoms with van der Waals surface area (Å²) in [6, 6.07) is 35.5. The van der Waals surface area contributed by atoms with Crippen molar-refractivity contribution < 1.29 is 9.47 Å². The van der Waals surface area contributed by atoms with E-state index in [9.17, 15) is 0 Å². The lowest BCUT2D eigenvalue weighted by Crippen LogP contribution is -2.29. The van der Waals surface area contributed by atoms with Crippen LogP contribution in [0.2, 0.25) is 0 Å². The normalized spacial score (nSPS) is 13.8. The largest absolute Gasteiger partial charge is 0.449 e. The van der Waals surface area contributed by atoms with Gasteiger partial charge in [-0.1, -0.05) is 54.6 Å². The molecular formula is C27H23NO2. The standard InChI is InChI=1S/C27H23NO2/c1-27(2)29-25-18-15-21(19-26(25)30-27)20-13-16-24(17-14-20)28(22-9-5-3-6-10-22)23-11-7-4-8-12-23/h3-19H,1-2H3. The molecule has 1 aliphatic rings. The second-order valence-corrected chi connectivity index (χ2v) is 7.82. The smallest absolute Gasteiger partial charge is 0.246 e. The van der Waals surface area contributed by atoms with Gasteiger partial charge in [0.1, 0.15) is 0 Å². The number of para-hydroxylation sites is 2. The van der Waals surface area contributed by atoms with Gasteiger partial charge in [0.2, 0.25) is 5.79 Å². The summed E-state index contributed by atoms with van der Waals surface area (Å²) in [6.45, 7) is 3.84. The Morgan fingerprint density at radius 2 is 1.03 bits per heavy atom. The van der Waals surface area contributed by atoms with E-state index < -0.39 is 5.79 Å². The number of rotatable bonds is 4. The van der Waals surface area contributed by atoms with E-state index in [-0.39, 0.29) is 0 Å². The molecule has 148 valence electrons. The quantitative estimate of drug-likeness (QED) is 0.362. The highest BCUT2D eigenvalue weighted by Gasteiger charge is 2.31. The number of hydrogen-bond acceptors (Lipinski definition) is 3. The van der Waals surface area contributed by atoms with Crippen molar-refractivity contribution in [3.8, 4) is 22.6 Å². The van der Waals surface area contributed by atoms with Gasteiger partial charge in [0.15, 0.2) is 11.5 Å². The molecule has 0 aliphatic carbocycles. The third-order valence-electron chi connectivity index (χ3n) is 5.14. The van der Waals surface area contributed by atoms with Crippen molar-refractivity contribution in [2.75, 3.05) is 4.90 Å². The number of hydrogen-bond donors (Lipinski definition) is 0. The van der Waals surface area contributed by atoms with Gasteiger partial charge in [-0.2, -0.15) is 0 Å². The fourth-order valence-electron chi connectivity index (χ4n) is 3.81. The molecule has 5 rings (SSSR count). The van der Waals surface area contributed by atoms with Gasteiger partial charge in [-0.15, -0.1) is 0 Å². The molecule has 0 radical (unpaired) electrons. The lowest BCUT2D eigenvalue weighted by molar-refractivity contribution is -0.0431. The fourth-order valence-corrected chi connectivity index (χ4v) is 3.81. The maximum Gasteiger partial charge on any atom is 0.246 e. The Hall–Kier alpha value is -3.72. The molecule has 0 amide bonds. The summed E-state index contributed by atoms with van der Waals surface area (Å²) in [4.78, 5) is 2.26. The van der Waals surface area contributed by atoms with Gasteiger partial charge in [0, 0.05) is 30.9 Å². The molecule has 0 saturated carbocycles. The van der Waals surface area contributed by atoms with E-state index in [0.29, 0.717) is 0 Å². The van der Waals surface area contributed by atoms with E-state index in [4.69, 9.17) is 9.47 Å². The minimum atomic E-state index is -0.614. The molecule has 1 aliphatic heterocycles. The Balaban J connectivity index is 1.49. The van der Waals surface area contributed by atoms with E-state index in [0.717, 1.165) is 39.7 Å². The van der Waals surface area contributed by atoms with Crippen molar-refractivity contribution in [2.24, 2.45) is 0 Å².